The number of halogens is 2. The highest BCUT2D eigenvalue weighted by molar-refractivity contribution is 5.82. The van der Waals surface area contributed by atoms with Crippen LogP contribution in [-0.2, 0) is 10.4 Å². The number of amides is 1. The summed E-state index contributed by atoms with van der Waals surface area (Å²) in [6.45, 7) is 5.11. The van der Waals surface area contributed by atoms with E-state index in [9.17, 15) is 18.7 Å². The Bertz CT molecular complexity index is 564. The van der Waals surface area contributed by atoms with Gasteiger partial charge in [-0.3, -0.25) is 9.69 Å². The number of benzene rings is 1. The topological polar surface area (TPSA) is 52.6 Å². The molecule has 2 rings (SSSR count). The smallest absolute Gasteiger partial charge is 0.237 e. The van der Waals surface area contributed by atoms with Crippen molar-refractivity contribution in [1.82, 2.24) is 10.2 Å². The van der Waals surface area contributed by atoms with Crippen LogP contribution in [0.5, 0.6) is 0 Å². The molecule has 0 aromatic heterocycles. The number of hydrogen-bond donors (Lipinski definition) is 2. The van der Waals surface area contributed by atoms with Gasteiger partial charge in [-0.25, -0.2) is 8.78 Å². The predicted molar refractivity (Wildman–Crippen MR) is 83.8 cm³/mol. The van der Waals surface area contributed by atoms with Gasteiger partial charge < -0.3 is 10.4 Å². The molecule has 1 aromatic rings. The Morgan fingerprint density at radius 2 is 2.22 bits per heavy atom. The second kappa shape index (κ2) is 7.36. The van der Waals surface area contributed by atoms with Crippen molar-refractivity contribution >= 4 is 5.91 Å². The van der Waals surface area contributed by atoms with Crippen LogP contribution in [0.25, 0.3) is 0 Å². The van der Waals surface area contributed by atoms with Crippen molar-refractivity contribution < 1.29 is 18.7 Å². The van der Waals surface area contributed by atoms with Crippen LogP contribution in [0.1, 0.15) is 38.7 Å². The zero-order valence-corrected chi connectivity index (χ0v) is 13.6. The van der Waals surface area contributed by atoms with Crippen molar-refractivity contribution in [3.05, 3.63) is 35.4 Å². The van der Waals surface area contributed by atoms with E-state index in [2.05, 4.69) is 17.1 Å². The van der Waals surface area contributed by atoms with Gasteiger partial charge >= 0.3 is 0 Å². The lowest BCUT2D eigenvalue weighted by Gasteiger charge is -2.27. The third-order valence-corrected chi connectivity index (χ3v) is 4.30. The Kier molecular flexibility index (Phi) is 5.70. The van der Waals surface area contributed by atoms with Gasteiger partial charge in [0.05, 0.1) is 12.6 Å². The molecule has 0 radical (unpaired) electrons. The molecule has 128 valence electrons. The quantitative estimate of drug-likeness (QED) is 0.842. The molecule has 2 N–H and O–H groups in total. The van der Waals surface area contributed by atoms with Crippen LogP contribution in [0.3, 0.4) is 0 Å². The van der Waals surface area contributed by atoms with Crippen molar-refractivity contribution in [3.8, 4) is 0 Å². The summed E-state index contributed by atoms with van der Waals surface area (Å²) in [5.41, 5.74) is -1.63. The summed E-state index contributed by atoms with van der Waals surface area (Å²) < 4.78 is 26.8. The molecule has 0 spiro atoms. The highest BCUT2D eigenvalue weighted by Crippen LogP contribution is 2.24. The van der Waals surface area contributed by atoms with Crippen molar-refractivity contribution in [2.24, 2.45) is 0 Å². The van der Waals surface area contributed by atoms with Crippen LogP contribution >= 0.6 is 0 Å². The van der Waals surface area contributed by atoms with E-state index in [1.54, 1.807) is 0 Å². The summed E-state index contributed by atoms with van der Waals surface area (Å²) in [6, 6.07) is 2.83. The maximum atomic E-state index is 13.8. The Hall–Kier alpha value is -1.53. The zero-order chi connectivity index (χ0) is 17.0. The molecular weight excluding hydrogens is 302 g/mol. The zero-order valence-electron chi connectivity index (χ0n) is 13.6. The number of carbonyl (C=O) groups is 1. The van der Waals surface area contributed by atoms with Crippen LogP contribution in [0.4, 0.5) is 8.78 Å². The fourth-order valence-corrected chi connectivity index (χ4v) is 3.08. The van der Waals surface area contributed by atoms with Crippen LogP contribution < -0.4 is 5.32 Å². The van der Waals surface area contributed by atoms with Crippen molar-refractivity contribution in [3.63, 3.8) is 0 Å². The molecule has 1 amide bonds. The van der Waals surface area contributed by atoms with E-state index in [-0.39, 0.29) is 24.1 Å². The lowest BCUT2D eigenvalue weighted by Crippen LogP contribution is -2.47. The molecule has 1 saturated heterocycles. The molecule has 1 heterocycles. The molecule has 4 nitrogen and oxygen atoms in total. The van der Waals surface area contributed by atoms with E-state index in [4.69, 9.17) is 0 Å². The minimum Gasteiger partial charge on any atom is -0.383 e. The largest absolute Gasteiger partial charge is 0.383 e. The Morgan fingerprint density at radius 1 is 1.48 bits per heavy atom. The second-order valence-electron chi connectivity index (χ2n) is 6.31. The fraction of sp³-hybridized carbons (Fsp3) is 0.588. The average Bonchev–Trinajstić information content (AvgIpc) is 2.93. The number of nitrogens with one attached hydrogen (secondary N) is 1. The fourth-order valence-electron chi connectivity index (χ4n) is 3.08. The number of hydrogen-bond acceptors (Lipinski definition) is 3. The van der Waals surface area contributed by atoms with Crippen LogP contribution in [0.15, 0.2) is 18.2 Å². The van der Waals surface area contributed by atoms with Crippen molar-refractivity contribution in [2.75, 3.05) is 19.6 Å². The molecule has 1 aliphatic heterocycles. The van der Waals surface area contributed by atoms with E-state index in [0.29, 0.717) is 0 Å². The van der Waals surface area contributed by atoms with Gasteiger partial charge in [0.1, 0.15) is 17.2 Å². The maximum absolute atomic E-state index is 13.8. The number of carbonyl (C=O) groups excluding carboxylic acids is 1. The van der Waals surface area contributed by atoms with E-state index in [1.807, 2.05) is 0 Å². The van der Waals surface area contributed by atoms with Crippen LogP contribution in [0, 0.1) is 11.6 Å². The SMILES string of the molecule is CCCN1CCC[C@H]1C(=O)NC[C@@](C)(O)c1ccc(F)cc1F. The van der Waals surface area contributed by atoms with E-state index < -0.39 is 17.2 Å². The van der Waals surface area contributed by atoms with Crippen molar-refractivity contribution in [2.45, 2.75) is 44.8 Å². The minimum absolute atomic E-state index is 0.0314. The predicted octanol–water partition coefficient (Wildman–Crippen LogP) is 2.16. The van der Waals surface area contributed by atoms with E-state index >= 15 is 0 Å². The summed E-state index contributed by atoms with van der Waals surface area (Å²) in [6.07, 6.45) is 2.74. The molecule has 0 bridgehead atoms. The first kappa shape index (κ1) is 17.8. The molecule has 0 aliphatic carbocycles. The number of aliphatic hydroxyl groups is 1. The number of rotatable bonds is 6. The van der Waals surface area contributed by atoms with Crippen LogP contribution in [0.2, 0.25) is 0 Å². The third-order valence-electron chi connectivity index (χ3n) is 4.30. The monoisotopic (exact) mass is 326 g/mol. The minimum atomic E-state index is -1.60. The van der Waals surface area contributed by atoms with E-state index in [0.717, 1.165) is 44.5 Å². The summed E-state index contributed by atoms with van der Waals surface area (Å²) in [4.78, 5) is 14.5. The molecule has 6 heteroatoms. The molecular formula is C17H24F2N2O2. The first-order valence-corrected chi connectivity index (χ1v) is 8.05. The molecule has 0 unspecified atom stereocenters. The van der Waals surface area contributed by atoms with Crippen LogP contribution in [-0.4, -0.2) is 41.6 Å². The lowest BCUT2D eigenvalue weighted by molar-refractivity contribution is -0.126. The van der Waals surface area contributed by atoms with Gasteiger partial charge in [0.2, 0.25) is 5.91 Å². The molecule has 1 fully saturated rings. The highest BCUT2D eigenvalue weighted by Gasteiger charge is 2.32. The molecule has 1 aliphatic rings. The molecule has 23 heavy (non-hydrogen) atoms. The number of nitrogens with zero attached hydrogens (tertiary/aromatic N) is 1. The molecule has 0 saturated carbocycles. The Morgan fingerprint density at radius 3 is 2.87 bits per heavy atom. The molecule has 2 atom stereocenters. The average molecular weight is 326 g/mol. The Balaban J connectivity index is 1.99. The van der Waals surface area contributed by atoms with E-state index in [1.165, 1.54) is 13.0 Å². The lowest BCUT2D eigenvalue weighted by atomic mass is 9.95. The first-order valence-electron chi connectivity index (χ1n) is 8.05. The summed E-state index contributed by atoms with van der Waals surface area (Å²) in [7, 11) is 0. The maximum Gasteiger partial charge on any atom is 0.237 e. The van der Waals surface area contributed by atoms with Gasteiger partial charge in [0, 0.05) is 11.6 Å². The number of likely N-dealkylation sites (tertiary alicyclic amines) is 1. The first-order chi connectivity index (χ1) is 10.8. The third kappa shape index (κ3) is 4.26. The summed E-state index contributed by atoms with van der Waals surface area (Å²) in [5.74, 6) is -1.68. The standard InChI is InChI=1S/C17H24F2N2O2/c1-3-8-21-9-4-5-15(21)16(22)20-11-17(2,23)13-7-6-12(18)10-14(13)19/h6-7,10,15,23H,3-5,8-9,11H2,1-2H3,(H,20,22)/t15-,17+/m0/s1. The Labute approximate surface area is 135 Å². The van der Waals surface area contributed by atoms with Gasteiger partial charge in [0.15, 0.2) is 0 Å². The van der Waals surface area contributed by atoms with Crippen molar-refractivity contribution in [1.29, 1.82) is 0 Å². The van der Waals surface area contributed by atoms with Gasteiger partial charge in [0.25, 0.3) is 0 Å². The summed E-state index contributed by atoms with van der Waals surface area (Å²) >= 11 is 0. The van der Waals surface area contributed by atoms with Gasteiger partial charge in [-0.1, -0.05) is 13.0 Å². The normalized spacial score (nSPS) is 21.2. The molecule has 1 aromatic carbocycles. The highest BCUT2D eigenvalue weighted by atomic mass is 19.1. The summed E-state index contributed by atoms with van der Waals surface area (Å²) in [5, 5.41) is 13.1. The van der Waals surface area contributed by atoms with Gasteiger partial charge in [-0.05, 0) is 45.3 Å². The van der Waals surface area contributed by atoms with Gasteiger partial charge in [-0.2, -0.15) is 0 Å². The van der Waals surface area contributed by atoms with Gasteiger partial charge in [-0.15, -0.1) is 0 Å². The second-order valence-corrected chi connectivity index (χ2v) is 6.31.